The van der Waals surface area contributed by atoms with Crippen LogP contribution in [0.2, 0.25) is 0 Å². The van der Waals surface area contributed by atoms with E-state index in [0.717, 1.165) is 22.9 Å². The van der Waals surface area contributed by atoms with Crippen LogP contribution in [0.25, 0.3) is 6.08 Å². The first-order valence-corrected chi connectivity index (χ1v) is 11.9. The Hall–Kier alpha value is -3.36. The van der Waals surface area contributed by atoms with Gasteiger partial charge in [-0.1, -0.05) is 60.2 Å². The molecule has 0 unspecified atom stereocenters. The van der Waals surface area contributed by atoms with Crippen molar-refractivity contribution in [3.8, 4) is 5.75 Å². The normalized spacial score (nSPS) is 15.4. The third-order valence-corrected chi connectivity index (χ3v) is 6.86. The van der Waals surface area contributed by atoms with Gasteiger partial charge in [0.1, 0.15) is 10.6 Å². The predicted octanol–water partition coefficient (Wildman–Crippen LogP) is 5.00. The SMILES string of the molecule is Cc1cccc(CN2C(=O)S/C(=C\c3cccc(OS(=O)(=O)c4ccccc4)c3)C2=O)c1. The van der Waals surface area contributed by atoms with Gasteiger partial charge in [0.15, 0.2) is 0 Å². The summed E-state index contributed by atoms with van der Waals surface area (Å²) in [6.07, 6.45) is 1.56. The van der Waals surface area contributed by atoms with Gasteiger partial charge in [0.25, 0.3) is 11.1 Å². The lowest BCUT2D eigenvalue weighted by atomic mass is 10.1. The average Bonchev–Trinajstić information content (AvgIpc) is 3.02. The highest BCUT2D eigenvalue weighted by molar-refractivity contribution is 8.18. The number of carbonyl (C=O) groups excluding carboxylic acids is 2. The molecule has 1 aliphatic heterocycles. The van der Waals surface area contributed by atoms with E-state index in [2.05, 4.69) is 0 Å². The Morgan fingerprint density at radius 1 is 0.938 bits per heavy atom. The molecule has 3 aromatic rings. The zero-order valence-corrected chi connectivity index (χ0v) is 18.7. The van der Waals surface area contributed by atoms with Gasteiger partial charge in [0.05, 0.1) is 11.4 Å². The van der Waals surface area contributed by atoms with Crippen molar-refractivity contribution >= 4 is 39.1 Å². The van der Waals surface area contributed by atoms with E-state index in [1.807, 2.05) is 31.2 Å². The van der Waals surface area contributed by atoms with Crippen LogP contribution in [0.3, 0.4) is 0 Å². The van der Waals surface area contributed by atoms with Crippen LogP contribution in [-0.4, -0.2) is 24.5 Å². The van der Waals surface area contributed by atoms with Crippen LogP contribution < -0.4 is 4.18 Å². The zero-order chi connectivity index (χ0) is 22.7. The van der Waals surface area contributed by atoms with E-state index >= 15 is 0 Å². The fourth-order valence-corrected chi connectivity index (χ4v) is 4.98. The Balaban J connectivity index is 1.53. The first-order valence-electron chi connectivity index (χ1n) is 9.72. The fraction of sp³-hybridized carbons (Fsp3) is 0.0833. The number of amides is 2. The van der Waals surface area contributed by atoms with Gasteiger partial charge in [-0.05, 0) is 60.2 Å². The molecule has 4 rings (SSSR count). The fourth-order valence-electron chi connectivity index (χ4n) is 3.20. The summed E-state index contributed by atoms with van der Waals surface area (Å²) >= 11 is 0.855. The summed E-state index contributed by atoms with van der Waals surface area (Å²) in [5.74, 6) is -0.272. The molecule has 0 spiro atoms. The van der Waals surface area contributed by atoms with Crippen molar-refractivity contribution in [1.29, 1.82) is 0 Å². The molecule has 0 radical (unpaired) electrons. The van der Waals surface area contributed by atoms with Crippen molar-refractivity contribution in [3.05, 3.63) is 100 Å². The Bertz CT molecular complexity index is 1320. The van der Waals surface area contributed by atoms with E-state index < -0.39 is 10.1 Å². The molecule has 0 N–H and O–H groups in total. The smallest absolute Gasteiger partial charge is 0.339 e. The van der Waals surface area contributed by atoms with Gasteiger partial charge in [-0.15, -0.1) is 0 Å². The summed E-state index contributed by atoms with van der Waals surface area (Å²) in [6.45, 7) is 2.15. The first-order chi connectivity index (χ1) is 15.3. The molecule has 1 saturated heterocycles. The van der Waals surface area contributed by atoms with Gasteiger partial charge in [0.2, 0.25) is 0 Å². The Kier molecular flexibility index (Phi) is 6.16. The molecule has 1 heterocycles. The molecule has 0 aromatic heterocycles. The van der Waals surface area contributed by atoms with Crippen molar-refractivity contribution in [3.63, 3.8) is 0 Å². The van der Waals surface area contributed by atoms with Crippen LogP contribution in [0.5, 0.6) is 5.75 Å². The summed E-state index contributed by atoms with van der Waals surface area (Å²) < 4.78 is 30.1. The highest BCUT2D eigenvalue weighted by Gasteiger charge is 2.35. The average molecular weight is 466 g/mol. The van der Waals surface area contributed by atoms with Crippen LogP contribution in [0.15, 0.2) is 88.7 Å². The molecule has 162 valence electrons. The largest absolute Gasteiger partial charge is 0.379 e. The Morgan fingerprint density at radius 2 is 1.69 bits per heavy atom. The number of hydrogen-bond donors (Lipinski definition) is 0. The lowest BCUT2D eigenvalue weighted by molar-refractivity contribution is -0.123. The maximum atomic E-state index is 12.8. The number of thioether (sulfide) groups is 1. The van der Waals surface area contributed by atoms with E-state index in [1.165, 1.54) is 29.2 Å². The molecule has 3 aromatic carbocycles. The number of hydrogen-bond acceptors (Lipinski definition) is 6. The third-order valence-electron chi connectivity index (χ3n) is 4.69. The Morgan fingerprint density at radius 3 is 2.44 bits per heavy atom. The van der Waals surface area contributed by atoms with E-state index in [-0.39, 0.29) is 33.2 Å². The summed E-state index contributed by atoms with van der Waals surface area (Å²) in [5.41, 5.74) is 2.47. The third kappa shape index (κ3) is 4.92. The van der Waals surface area contributed by atoms with Gasteiger partial charge in [-0.3, -0.25) is 14.5 Å². The number of benzene rings is 3. The van der Waals surface area contributed by atoms with Crippen LogP contribution in [-0.2, 0) is 21.5 Å². The second-order valence-corrected chi connectivity index (χ2v) is 9.72. The number of nitrogens with zero attached hydrogens (tertiary/aromatic N) is 1. The minimum absolute atomic E-state index is 0.0441. The van der Waals surface area contributed by atoms with E-state index in [1.54, 1.807) is 36.4 Å². The maximum Gasteiger partial charge on any atom is 0.339 e. The van der Waals surface area contributed by atoms with Crippen molar-refractivity contribution in [2.24, 2.45) is 0 Å². The molecule has 2 amide bonds. The lowest BCUT2D eigenvalue weighted by Crippen LogP contribution is -2.27. The molecule has 0 aliphatic carbocycles. The molecule has 0 bridgehead atoms. The van der Waals surface area contributed by atoms with E-state index in [4.69, 9.17) is 4.18 Å². The Labute approximate surface area is 190 Å². The monoisotopic (exact) mass is 465 g/mol. The number of imide groups is 1. The number of rotatable bonds is 6. The zero-order valence-electron chi connectivity index (χ0n) is 17.1. The van der Waals surface area contributed by atoms with Crippen molar-refractivity contribution < 1.29 is 22.2 Å². The quantitative estimate of drug-likeness (QED) is 0.376. The van der Waals surface area contributed by atoms with Crippen molar-refractivity contribution in [1.82, 2.24) is 4.90 Å². The van der Waals surface area contributed by atoms with Crippen molar-refractivity contribution in [2.45, 2.75) is 18.4 Å². The van der Waals surface area contributed by atoms with Crippen LogP contribution >= 0.6 is 11.8 Å². The number of aryl methyl sites for hydroxylation is 1. The molecule has 0 atom stereocenters. The molecule has 6 nitrogen and oxygen atoms in total. The molecular weight excluding hydrogens is 446 g/mol. The summed E-state index contributed by atoms with van der Waals surface area (Å²) in [7, 11) is -3.98. The van der Waals surface area contributed by atoms with Gasteiger partial charge in [-0.2, -0.15) is 8.42 Å². The van der Waals surface area contributed by atoms with Gasteiger partial charge in [-0.25, -0.2) is 0 Å². The maximum absolute atomic E-state index is 12.8. The summed E-state index contributed by atoms with van der Waals surface area (Å²) in [5, 5.41) is -0.346. The van der Waals surface area contributed by atoms with Crippen LogP contribution in [0.4, 0.5) is 4.79 Å². The minimum atomic E-state index is -3.98. The number of carbonyl (C=O) groups is 2. The first kappa shape index (κ1) is 21.9. The van der Waals surface area contributed by atoms with Gasteiger partial charge < -0.3 is 4.18 Å². The van der Waals surface area contributed by atoms with Crippen LogP contribution in [0.1, 0.15) is 16.7 Å². The molecule has 8 heteroatoms. The minimum Gasteiger partial charge on any atom is -0.379 e. The van der Waals surface area contributed by atoms with Crippen molar-refractivity contribution in [2.75, 3.05) is 0 Å². The summed E-state index contributed by atoms with van der Waals surface area (Å²) in [6, 6.07) is 21.8. The lowest BCUT2D eigenvalue weighted by Gasteiger charge is -2.12. The van der Waals surface area contributed by atoms with E-state index in [9.17, 15) is 18.0 Å². The van der Waals surface area contributed by atoms with Gasteiger partial charge in [0, 0.05) is 0 Å². The molecule has 32 heavy (non-hydrogen) atoms. The molecule has 1 fully saturated rings. The molecule has 1 aliphatic rings. The molecule has 0 saturated carbocycles. The van der Waals surface area contributed by atoms with Crippen LogP contribution in [0, 0.1) is 6.92 Å². The topological polar surface area (TPSA) is 80.8 Å². The summed E-state index contributed by atoms with van der Waals surface area (Å²) in [4.78, 5) is 26.7. The second kappa shape index (κ2) is 9.02. The highest BCUT2D eigenvalue weighted by atomic mass is 32.2. The highest BCUT2D eigenvalue weighted by Crippen LogP contribution is 2.34. The standard InChI is InChI=1S/C24H19NO5S2/c1-17-7-5-9-19(13-17)16-25-23(26)22(31-24(25)27)15-18-8-6-10-20(14-18)30-32(28,29)21-11-3-2-4-12-21/h2-15H,16H2,1H3/b22-15-. The predicted molar refractivity (Wildman–Crippen MR) is 123 cm³/mol. The second-order valence-electron chi connectivity index (χ2n) is 7.18. The van der Waals surface area contributed by atoms with E-state index in [0.29, 0.717) is 5.56 Å². The molecular formula is C24H19NO5S2. The van der Waals surface area contributed by atoms with Gasteiger partial charge >= 0.3 is 10.1 Å².